The number of nitrogens with one attached hydrogen (secondary N) is 1. The minimum Gasteiger partial charge on any atom is -0.481 e. The highest BCUT2D eigenvalue weighted by Gasteiger charge is 2.17. The number of carbonyl (C=O) groups is 2. The molecule has 0 heterocycles. The number of ether oxygens (including phenoxy) is 1. The zero-order valence-electron chi connectivity index (χ0n) is 11.4. The summed E-state index contributed by atoms with van der Waals surface area (Å²) in [7, 11) is 1.60. The van der Waals surface area contributed by atoms with Crippen LogP contribution in [0.3, 0.4) is 0 Å². The van der Waals surface area contributed by atoms with Gasteiger partial charge in [-0.2, -0.15) is 0 Å². The van der Waals surface area contributed by atoms with Gasteiger partial charge in [0, 0.05) is 32.7 Å². The summed E-state index contributed by atoms with van der Waals surface area (Å²) >= 11 is 0. The molecule has 6 nitrogen and oxygen atoms in total. The second-order valence-corrected chi connectivity index (χ2v) is 4.17. The lowest BCUT2D eigenvalue weighted by molar-refractivity contribution is -0.137. The predicted molar refractivity (Wildman–Crippen MR) is 68.6 cm³/mol. The molecule has 2 amide bonds. The maximum atomic E-state index is 11.9. The number of hydrogen-bond donors (Lipinski definition) is 2. The van der Waals surface area contributed by atoms with Crippen molar-refractivity contribution in [1.82, 2.24) is 10.2 Å². The Morgan fingerprint density at radius 1 is 1.44 bits per heavy atom. The zero-order chi connectivity index (χ0) is 14.0. The molecule has 0 radical (unpaired) electrons. The molecule has 0 spiro atoms. The second-order valence-electron chi connectivity index (χ2n) is 4.17. The van der Waals surface area contributed by atoms with E-state index in [2.05, 4.69) is 5.32 Å². The van der Waals surface area contributed by atoms with Crippen LogP contribution in [0.15, 0.2) is 0 Å². The number of nitrogens with zero attached hydrogens (tertiary/aromatic N) is 1. The van der Waals surface area contributed by atoms with Gasteiger partial charge in [-0.25, -0.2) is 4.79 Å². The van der Waals surface area contributed by atoms with Crippen LogP contribution < -0.4 is 5.32 Å². The van der Waals surface area contributed by atoms with Gasteiger partial charge in [-0.3, -0.25) is 4.79 Å². The normalized spacial score (nSPS) is 11.9. The first-order valence-corrected chi connectivity index (χ1v) is 6.28. The van der Waals surface area contributed by atoms with E-state index < -0.39 is 5.97 Å². The number of methoxy groups -OCH3 is 1. The average molecular weight is 260 g/mol. The van der Waals surface area contributed by atoms with E-state index in [0.717, 1.165) is 6.42 Å². The Morgan fingerprint density at radius 2 is 2.11 bits per heavy atom. The maximum absolute atomic E-state index is 11.9. The molecule has 1 unspecified atom stereocenters. The highest BCUT2D eigenvalue weighted by Crippen LogP contribution is 2.03. The molecule has 0 saturated heterocycles. The molecule has 0 aromatic heterocycles. The van der Waals surface area contributed by atoms with Gasteiger partial charge in [0.05, 0.1) is 6.61 Å². The summed E-state index contributed by atoms with van der Waals surface area (Å²) in [5.41, 5.74) is 0. The number of hydrogen-bond acceptors (Lipinski definition) is 3. The number of carbonyl (C=O) groups excluding carboxylic acids is 1. The topological polar surface area (TPSA) is 78.9 Å². The SMILES string of the molecule is CCC(C)N(CCOC)C(=O)NCCCC(=O)O. The third-order valence-electron chi connectivity index (χ3n) is 2.76. The molecule has 0 aromatic rings. The van der Waals surface area contributed by atoms with Crippen molar-refractivity contribution >= 4 is 12.0 Å². The minimum absolute atomic E-state index is 0.0711. The monoisotopic (exact) mass is 260 g/mol. The molecule has 0 saturated carbocycles. The van der Waals surface area contributed by atoms with Crippen LogP contribution in [0.2, 0.25) is 0 Å². The van der Waals surface area contributed by atoms with Crippen LogP contribution in [0.25, 0.3) is 0 Å². The van der Waals surface area contributed by atoms with E-state index >= 15 is 0 Å². The summed E-state index contributed by atoms with van der Waals surface area (Å²) in [5.74, 6) is -0.845. The van der Waals surface area contributed by atoms with E-state index in [-0.39, 0.29) is 18.5 Å². The van der Waals surface area contributed by atoms with Crippen LogP contribution in [-0.2, 0) is 9.53 Å². The first kappa shape index (κ1) is 16.7. The third kappa shape index (κ3) is 7.11. The summed E-state index contributed by atoms with van der Waals surface area (Å²) in [4.78, 5) is 24.0. The fraction of sp³-hybridized carbons (Fsp3) is 0.833. The van der Waals surface area contributed by atoms with Gasteiger partial charge in [-0.1, -0.05) is 6.92 Å². The Hall–Kier alpha value is -1.30. The van der Waals surface area contributed by atoms with E-state index in [0.29, 0.717) is 26.1 Å². The molecule has 0 aliphatic heterocycles. The summed E-state index contributed by atoms with van der Waals surface area (Å²) in [6.45, 7) is 5.41. The lowest BCUT2D eigenvalue weighted by atomic mass is 10.2. The minimum atomic E-state index is -0.845. The van der Waals surface area contributed by atoms with E-state index in [1.165, 1.54) is 0 Å². The standard InChI is InChI=1S/C12H24N2O4/c1-4-10(2)14(8-9-18-3)12(17)13-7-5-6-11(15)16/h10H,4-9H2,1-3H3,(H,13,17)(H,15,16). The van der Waals surface area contributed by atoms with E-state index in [1.807, 2.05) is 13.8 Å². The number of aliphatic carboxylic acids is 1. The van der Waals surface area contributed by atoms with E-state index in [9.17, 15) is 9.59 Å². The van der Waals surface area contributed by atoms with Gasteiger partial charge in [0.15, 0.2) is 0 Å². The Labute approximate surface area is 108 Å². The average Bonchev–Trinajstić information content (AvgIpc) is 2.34. The van der Waals surface area contributed by atoms with Crippen molar-refractivity contribution in [3.63, 3.8) is 0 Å². The zero-order valence-corrected chi connectivity index (χ0v) is 11.4. The lowest BCUT2D eigenvalue weighted by Gasteiger charge is -2.28. The smallest absolute Gasteiger partial charge is 0.317 e. The van der Waals surface area contributed by atoms with Gasteiger partial charge in [0.2, 0.25) is 0 Å². The van der Waals surface area contributed by atoms with Crippen LogP contribution in [0, 0.1) is 0 Å². The quantitative estimate of drug-likeness (QED) is 0.613. The van der Waals surface area contributed by atoms with E-state index in [1.54, 1.807) is 12.0 Å². The fourth-order valence-electron chi connectivity index (χ4n) is 1.47. The highest BCUT2D eigenvalue weighted by molar-refractivity contribution is 5.74. The van der Waals surface area contributed by atoms with Crippen molar-refractivity contribution in [3.05, 3.63) is 0 Å². The Kier molecular flexibility index (Phi) is 9.00. The van der Waals surface area contributed by atoms with Crippen molar-refractivity contribution in [3.8, 4) is 0 Å². The van der Waals surface area contributed by atoms with Gasteiger partial charge in [0.1, 0.15) is 0 Å². The number of rotatable bonds is 9. The summed E-state index contributed by atoms with van der Waals surface area (Å²) in [6.07, 6.45) is 1.38. The molecule has 6 heteroatoms. The van der Waals surface area contributed by atoms with Crippen LogP contribution in [0.5, 0.6) is 0 Å². The molecule has 0 rings (SSSR count). The summed E-state index contributed by atoms with van der Waals surface area (Å²) < 4.78 is 4.97. The van der Waals surface area contributed by atoms with Crippen molar-refractivity contribution in [2.24, 2.45) is 0 Å². The van der Waals surface area contributed by atoms with E-state index in [4.69, 9.17) is 9.84 Å². The van der Waals surface area contributed by atoms with Crippen molar-refractivity contribution in [1.29, 1.82) is 0 Å². The molecule has 0 aliphatic rings. The molecule has 18 heavy (non-hydrogen) atoms. The molecular weight excluding hydrogens is 236 g/mol. The van der Waals surface area contributed by atoms with Crippen molar-refractivity contribution < 1.29 is 19.4 Å². The Balaban J connectivity index is 4.08. The molecule has 0 aromatic carbocycles. The first-order valence-electron chi connectivity index (χ1n) is 6.28. The molecule has 0 fully saturated rings. The lowest BCUT2D eigenvalue weighted by Crippen LogP contribution is -2.46. The van der Waals surface area contributed by atoms with Crippen LogP contribution >= 0.6 is 0 Å². The van der Waals surface area contributed by atoms with Crippen LogP contribution in [-0.4, -0.2) is 54.9 Å². The highest BCUT2D eigenvalue weighted by atomic mass is 16.5. The number of amides is 2. The Bertz CT molecular complexity index is 258. The van der Waals surface area contributed by atoms with Crippen LogP contribution in [0.4, 0.5) is 4.79 Å². The molecule has 106 valence electrons. The number of carboxylic acids is 1. The summed E-state index contributed by atoms with van der Waals surface area (Å²) in [5, 5.41) is 11.2. The van der Waals surface area contributed by atoms with Gasteiger partial charge in [-0.05, 0) is 19.8 Å². The van der Waals surface area contributed by atoms with Gasteiger partial charge >= 0.3 is 12.0 Å². The number of carboxylic acid groups (broad SMARTS) is 1. The molecular formula is C12H24N2O4. The maximum Gasteiger partial charge on any atom is 0.317 e. The van der Waals surface area contributed by atoms with Crippen molar-refractivity contribution in [2.45, 2.75) is 39.2 Å². The fourth-order valence-corrected chi connectivity index (χ4v) is 1.47. The van der Waals surface area contributed by atoms with Gasteiger partial charge < -0.3 is 20.1 Å². The third-order valence-corrected chi connectivity index (χ3v) is 2.76. The van der Waals surface area contributed by atoms with Gasteiger partial charge in [-0.15, -0.1) is 0 Å². The summed E-state index contributed by atoms with van der Waals surface area (Å²) in [6, 6.07) is -0.0218. The predicted octanol–water partition coefficient (Wildman–Crippen LogP) is 1.31. The van der Waals surface area contributed by atoms with Gasteiger partial charge in [0.25, 0.3) is 0 Å². The van der Waals surface area contributed by atoms with Crippen molar-refractivity contribution in [2.75, 3.05) is 26.8 Å². The van der Waals surface area contributed by atoms with Crippen LogP contribution in [0.1, 0.15) is 33.1 Å². The second kappa shape index (κ2) is 9.70. The largest absolute Gasteiger partial charge is 0.481 e. The molecule has 0 aliphatic carbocycles. The molecule has 1 atom stereocenters. The molecule has 2 N–H and O–H groups in total. The first-order chi connectivity index (χ1) is 8.52. The molecule has 0 bridgehead atoms. The Morgan fingerprint density at radius 3 is 2.61 bits per heavy atom. The number of urea groups is 1.